The molecular formula is C15H19NO4. The molecule has 1 atom stereocenters. The summed E-state index contributed by atoms with van der Waals surface area (Å²) in [5.41, 5.74) is 5.48. The van der Waals surface area contributed by atoms with Crippen LogP contribution in [0.5, 0.6) is 0 Å². The van der Waals surface area contributed by atoms with Crippen LogP contribution in [0.2, 0.25) is 0 Å². The number of carboxylic acid groups (broad SMARTS) is 1. The van der Waals surface area contributed by atoms with Crippen molar-refractivity contribution in [1.29, 1.82) is 0 Å². The summed E-state index contributed by atoms with van der Waals surface area (Å²) in [6.45, 7) is 8.21. The molecule has 2 rings (SSSR count). The van der Waals surface area contributed by atoms with E-state index in [1.54, 1.807) is 0 Å². The Balaban J connectivity index is 2.39. The summed E-state index contributed by atoms with van der Waals surface area (Å²) >= 11 is 0. The molecule has 1 unspecified atom stereocenters. The quantitative estimate of drug-likeness (QED) is 0.920. The van der Waals surface area contributed by atoms with Crippen LogP contribution in [0.15, 0.2) is 6.07 Å². The van der Waals surface area contributed by atoms with Gasteiger partial charge in [-0.1, -0.05) is 6.07 Å². The van der Waals surface area contributed by atoms with Gasteiger partial charge in [-0.05, 0) is 55.5 Å². The number of carboxylic acids is 1. The van der Waals surface area contributed by atoms with Gasteiger partial charge in [-0.3, -0.25) is 4.90 Å². The molecule has 20 heavy (non-hydrogen) atoms. The van der Waals surface area contributed by atoms with Crippen molar-refractivity contribution in [1.82, 2.24) is 4.90 Å². The number of cyclic esters (lactones) is 1. The molecule has 1 aliphatic heterocycles. The van der Waals surface area contributed by atoms with E-state index in [0.29, 0.717) is 0 Å². The minimum absolute atomic E-state index is 0.0863. The Kier molecular flexibility index (Phi) is 3.70. The molecule has 1 aliphatic rings. The molecule has 0 aromatic heterocycles. The summed E-state index contributed by atoms with van der Waals surface area (Å²) < 4.78 is 4.86. The molecule has 1 N–H and O–H groups in total. The van der Waals surface area contributed by atoms with Crippen LogP contribution in [0.4, 0.5) is 4.79 Å². The standard InChI is InChI=1S/C15H19NO4/c1-8-5-9(2)11(4)12(10(8)3)6-16-13(14(17)18)7-20-15(16)19/h5,13H,6-7H2,1-4H3,(H,17,18). The van der Waals surface area contributed by atoms with E-state index in [1.165, 1.54) is 4.90 Å². The van der Waals surface area contributed by atoms with E-state index in [-0.39, 0.29) is 13.2 Å². The molecule has 0 bridgehead atoms. The Labute approximate surface area is 118 Å². The molecule has 108 valence electrons. The predicted octanol–water partition coefficient (Wildman–Crippen LogP) is 2.33. The first-order valence-corrected chi connectivity index (χ1v) is 6.55. The summed E-state index contributed by atoms with van der Waals surface area (Å²) in [7, 11) is 0. The topological polar surface area (TPSA) is 66.8 Å². The molecule has 0 saturated carbocycles. The molecular weight excluding hydrogens is 258 g/mol. The molecule has 0 spiro atoms. The first-order chi connectivity index (χ1) is 9.32. The van der Waals surface area contributed by atoms with E-state index in [4.69, 9.17) is 9.84 Å². The number of aliphatic carboxylic acids is 1. The van der Waals surface area contributed by atoms with Crippen molar-refractivity contribution in [2.24, 2.45) is 0 Å². The molecule has 5 nitrogen and oxygen atoms in total. The number of amides is 1. The minimum Gasteiger partial charge on any atom is -0.480 e. The molecule has 1 aromatic rings. The van der Waals surface area contributed by atoms with E-state index >= 15 is 0 Å². The monoisotopic (exact) mass is 277 g/mol. The Morgan fingerprint density at radius 2 is 1.85 bits per heavy atom. The van der Waals surface area contributed by atoms with E-state index in [2.05, 4.69) is 6.07 Å². The Bertz CT molecular complexity index is 553. The number of hydrogen-bond acceptors (Lipinski definition) is 3. The molecule has 1 aromatic carbocycles. The lowest BCUT2D eigenvalue weighted by molar-refractivity contribution is -0.141. The summed E-state index contributed by atoms with van der Waals surface area (Å²) in [4.78, 5) is 24.2. The zero-order valence-electron chi connectivity index (χ0n) is 12.2. The first kappa shape index (κ1) is 14.4. The molecule has 1 saturated heterocycles. The van der Waals surface area contributed by atoms with Crippen LogP contribution in [0, 0.1) is 27.7 Å². The maximum Gasteiger partial charge on any atom is 0.411 e. The zero-order chi connectivity index (χ0) is 15.0. The number of carbonyl (C=O) groups is 2. The number of carbonyl (C=O) groups excluding carboxylic acids is 1. The second-order valence-electron chi connectivity index (χ2n) is 5.30. The number of rotatable bonds is 3. The summed E-state index contributed by atoms with van der Waals surface area (Å²) in [6, 6.07) is 1.20. The SMILES string of the molecule is Cc1cc(C)c(C)c(CN2C(=O)OCC2C(=O)O)c1C. The Morgan fingerprint density at radius 1 is 1.30 bits per heavy atom. The average molecular weight is 277 g/mol. The van der Waals surface area contributed by atoms with Crippen molar-refractivity contribution in [3.63, 3.8) is 0 Å². The highest BCUT2D eigenvalue weighted by atomic mass is 16.6. The minimum atomic E-state index is -1.03. The van der Waals surface area contributed by atoms with Crippen molar-refractivity contribution in [2.45, 2.75) is 40.3 Å². The van der Waals surface area contributed by atoms with Gasteiger partial charge < -0.3 is 9.84 Å². The summed E-state index contributed by atoms with van der Waals surface area (Å²) in [5.74, 6) is -1.03. The third kappa shape index (κ3) is 2.35. The molecule has 1 fully saturated rings. The largest absolute Gasteiger partial charge is 0.480 e. The lowest BCUT2D eigenvalue weighted by Crippen LogP contribution is -2.39. The highest BCUT2D eigenvalue weighted by molar-refractivity contribution is 5.83. The van der Waals surface area contributed by atoms with Gasteiger partial charge in [-0.15, -0.1) is 0 Å². The smallest absolute Gasteiger partial charge is 0.411 e. The fourth-order valence-electron chi connectivity index (χ4n) is 2.54. The fourth-order valence-corrected chi connectivity index (χ4v) is 2.54. The average Bonchev–Trinajstić information content (AvgIpc) is 2.74. The van der Waals surface area contributed by atoms with Crippen LogP contribution >= 0.6 is 0 Å². The predicted molar refractivity (Wildman–Crippen MR) is 73.7 cm³/mol. The normalized spacial score (nSPS) is 18.3. The maximum absolute atomic E-state index is 11.7. The first-order valence-electron chi connectivity index (χ1n) is 6.55. The lowest BCUT2D eigenvalue weighted by atomic mass is 9.94. The van der Waals surface area contributed by atoms with Crippen LogP contribution in [0.3, 0.4) is 0 Å². The Hall–Kier alpha value is -2.04. The van der Waals surface area contributed by atoms with E-state index in [9.17, 15) is 9.59 Å². The highest BCUT2D eigenvalue weighted by Gasteiger charge is 2.38. The number of ether oxygens (including phenoxy) is 1. The summed E-state index contributed by atoms with van der Waals surface area (Å²) in [5, 5.41) is 9.15. The van der Waals surface area contributed by atoms with Crippen molar-refractivity contribution in [2.75, 3.05) is 6.61 Å². The van der Waals surface area contributed by atoms with Gasteiger partial charge in [0.25, 0.3) is 0 Å². The van der Waals surface area contributed by atoms with Gasteiger partial charge in [0.05, 0.1) is 6.54 Å². The van der Waals surface area contributed by atoms with Crippen molar-refractivity contribution < 1.29 is 19.4 Å². The highest BCUT2D eigenvalue weighted by Crippen LogP contribution is 2.25. The van der Waals surface area contributed by atoms with Gasteiger partial charge in [0.15, 0.2) is 6.04 Å². The van der Waals surface area contributed by atoms with Gasteiger partial charge in [-0.2, -0.15) is 0 Å². The van der Waals surface area contributed by atoms with Gasteiger partial charge >= 0.3 is 12.1 Å². The molecule has 5 heteroatoms. The van der Waals surface area contributed by atoms with Crippen LogP contribution in [0.1, 0.15) is 27.8 Å². The maximum atomic E-state index is 11.7. The zero-order valence-corrected chi connectivity index (χ0v) is 12.2. The lowest BCUT2D eigenvalue weighted by Gasteiger charge is -2.22. The molecule has 0 aliphatic carbocycles. The fraction of sp³-hybridized carbons (Fsp3) is 0.467. The van der Waals surface area contributed by atoms with Crippen molar-refractivity contribution in [3.05, 3.63) is 33.9 Å². The second-order valence-corrected chi connectivity index (χ2v) is 5.30. The van der Waals surface area contributed by atoms with Crippen LogP contribution in [0.25, 0.3) is 0 Å². The summed E-state index contributed by atoms with van der Waals surface area (Å²) in [6.07, 6.45) is -0.560. The number of nitrogens with zero attached hydrogens (tertiary/aromatic N) is 1. The number of hydrogen-bond donors (Lipinski definition) is 1. The molecule has 1 heterocycles. The third-order valence-corrected chi connectivity index (χ3v) is 4.11. The van der Waals surface area contributed by atoms with Crippen LogP contribution in [-0.4, -0.2) is 34.7 Å². The third-order valence-electron chi connectivity index (χ3n) is 4.11. The Morgan fingerprint density at radius 3 is 2.35 bits per heavy atom. The van der Waals surface area contributed by atoms with Crippen LogP contribution < -0.4 is 0 Å². The second kappa shape index (κ2) is 5.15. The van der Waals surface area contributed by atoms with Gasteiger partial charge in [-0.25, -0.2) is 9.59 Å². The van der Waals surface area contributed by atoms with Crippen molar-refractivity contribution in [3.8, 4) is 0 Å². The molecule has 0 radical (unpaired) electrons. The van der Waals surface area contributed by atoms with Crippen molar-refractivity contribution >= 4 is 12.1 Å². The van der Waals surface area contributed by atoms with Gasteiger partial charge in [0.1, 0.15) is 6.61 Å². The van der Waals surface area contributed by atoms with E-state index in [1.807, 2.05) is 27.7 Å². The van der Waals surface area contributed by atoms with Crippen LogP contribution in [-0.2, 0) is 16.1 Å². The van der Waals surface area contributed by atoms with E-state index in [0.717, 1.165) is 27.8 Å². The number of aryl methyl sites for hydroxylation is 2. The van der Waals surface area contributed by atoms with E-state index < -0.39 is 18.1 Å². The molecule has 1 amide bonds. The van der Waals surface area contributed by atoms with Gasteiger partial charge in [0.2, 0.25) is 0 Å². The van der Waals surface area contributed by atoms with Gasteiger partial charge in [0, 0.05) is 0 Å². The number of benzene rings is 1.